The van der Waals surface area contributed by atoms with Crippen LogP contribution in [0.15, 0.2) is 18.2 Å². The lowest BCUT2D eigenvalue weighted by atomic mass is 10.1. The topological polar surface area (TPSA) is 94.1 Å². The van der Waals surface area contributed by atoms with Crippen LogP contribution in [0.5, 0.6) is 11.5 Å². The van der Waals surface area contributed by atoms with Crippen molar-refractivity contribution in [3.8, 4) is 11.5 Å². The fraction of sp³-hybridized carbons (Fsp3) is 0.385. The van der Waals surface area contributed by atoms with Gasteiger partial charge in [-0.15, -0.1) is 0 Å². The van der Waals surface area contributed by atoms with E-state index in [1.54, 1.807) is 18.2 Å². The number of aliphatic carboxylic acids is 1. The molecule has 1 unspecified atom stereocenters. The maximum atomic E-state index is 11.9. The van der Waals surface area contributed by atoms with Crippen LogP contribution in [0.3, 0.4) is 0 Å². The van der Waals surface area contributed by atoms with Gasteiger partial charge in [-0.2, -0.15) is 0 Å². The van der Waals surface area contributed by atoms with Crippen molar-refractivity contribution in [1.82, 2.24) is 5.32 Å². The van der Waals surface area contributed by atoms with E-state index >= 15 is 0 Å². The zero-order valence-electron chi connectivity index (χ0n) is 10.9. The van der Waals surface area contributed by atoms with Crippen molar-refractivity contribution in [2.75, 3.05) is 26.9 Å². The highest BCUT2D eigenvalue weighted by Gasteiger charge is 2.19. The van der Waals surface area contributed by atoms with Crippen LogP contribution < -0.4 is 14.8 Å². The van der Waals surface area contributed by atoms with Crippen molar-refractivity contribution in [2.45, 2.75) is 6.10 Å². The molecule has 7 heteroatoms. The van der Waals surface area contributed by atoms with E-state index in [1.165, 1.54) is 7.11 Å². The number of benzene rings is 1. The van der Waals surface area contributed by atoms with Crippen molar-refractivity contribution in [2.24, 2.45) is 0 Å². The van der Waals surface area contributed by atoms with Gasteiger partial charge in [0.05, 0.1) is 6.54 Å². The summed E-state index contributed by atoms with van der Waals surface area (Å²) in [6, 6.07) is 4.80. The molecule has 0 saturated carbocycles. The minimum absolute atomic E-state index is 0.112. The summed E-state index contributed by atoms with van der Waals surface area (Å²) in [5, 5.41) is 11.3. The summed E-state index contributed by atoms with van der Waals surface area (Å²) in [5.41, 5.74) is 0.370. The molecular formula is C13H15NO6. The number of hydrogen-bond donors (Lipinski definition) is 2. The van der Waals surface area contributed by atoms with Crippen LogP contribution in [0.4, 0.5) is 0 Å². The van der Waals surface area contributed by atoms with Crippen molar-refractivity contribution in [1.29, 1.82) is 0 Å². The number of carboxylic acids is 1. The molecule has 0 saturated heterocycles. The molecule has 0 aromatic heterocycles. The molecule has 2 N–H and O–H groups in total. The van der Waals surface area contributed by atoms with Gasteiger partial charge < -0.3 is 24.6 Å². The Morgan fingerprint density at radius 1 is 1.35 bits per heavy atom. The second kappa shape index (κ2) is 6.25. The lowest BCUT2D eigenvalue weighted by Gasteiger charge is -2.19. The highest BCUT2D eigenvalue weighted by atomic mass is 16.6. The fourth-order valence-corrected chi connectivity index (χ4v) is 1.74. The Morgan fingerprint density at radius 3 is 2.70 bits per heavy atom. The summed E-state index contributed by atoms with van der Waals surface area (Å²) >= 11 is 0. The summed E-state index contributed by atoms with van der Waals surface area (Å²) in [7, 11) is 1.27. The number of hydrogen-bond acceptors (Lipinski definition) is 5. The molecule has 0 bridgehead atoms. The normalized spacial score (nSPS) is 14.4. The summed E-state index contributed by atoms with van der Waals surface area (Å²) in [5.74, 6) is -0.432. The SMILES string of the molecule is COC(CNC(=O)c1ccc2c(c1)OCCO2)C(=O)O. The monoisotopic (exact) mass is 281 g/mol. The molecule has 0 fully saturated rings. The van der Waals surface area contributed by atoms with Gasteiger partial charge in [-0.25, -0.2) is 4.79 Å². The first-order chi connectivity index (χ1) is 9.61. The zero-order chi connectivity index (χ0) is 14.5. The largest absolute Gasteiger partial charge is 0.486 e. The third-order valence-electron chi connectivity index (χ3n) is 2.81. The van der Waals surface area contributed by atoms with Gasteiger partial charge in [0.15, 0.2) is 17.6 Å². The Morgan fingerprint density at radius 2 is 2.05 bits per heavy atom. The smallest absolute Gasteiger partial charge is 0.334 e. The van der Waals surface area contributed by atoms with E-state index < -0.39 is 18.0 Å². The van der Waals surface area contributed by atoms with Gasteiger partial charge >= 0.3 is 5.97 Å². The summed E-state index contributed by atoms with van der Waals surface area (Å²) in [6.07, 6.45) is -1.07. The molecule has 0 radical (unpaired) electrons. The van der Waals surface area contributed by atoms with Crippen LogP contribution in [0, 0.1) is 0 Å². The van der Waals surface area contributed by atoms with E-state index in [-0.39, 0.29) is 6.54 Å². The number of rotatable bonds is 5. The Kier molecular flexibility index (Phi) is 4.41. The molecule has 20 heavy (non-hydrogen) atoms. The van der Waals surface area contributed by atoms with Crippen LogP contribution in [0.2, 0.25) is 0 Å². The van der Waals surface area contributed by atoms with Crippen molar-refractivity contribution < 1.29 is 28.9 Å². The minimum atomic E-state index is -1.13. The van der Waals surface area contributed by atoms with Crippen molar-refractivity contribution in [3.05, 3.63) is 23.8 Å². The number of ether oxygens (including phenoxy) is 3. The van der Waals surface area contributed by atoms with Gasteiger partial charge in [0.1, 0.15) is 13.2 Å². The zero-order valence-corrected chi connectivity index (χ0v) is 10.9. The first-order valence-electron chi connectivity index (χ1n) is 6.05. The lowest BCUT2D eigenvalue weighted by molar-refractivity contribution is -0.148. The molecule has 1 aliphatic rings. The molecule has 1 atom stereocenters. The molecule has 1 amide bonds. The molecule has 108 valence electrons. The maximum absolute atomic E-state index is 11.9. The molecule has 1 aromatic rings. The number of carbonyl (C=O) groups is 2. The second-order valence-electron chi connectivity index (χ2n) is 4.13. The lowest BCUT2D eigenvalue weighted by Crippen LogP contribution is -2.37. The molecular weight excluding hydrogens is 266 g/mol. The molecule has 2 rings (SSSR count). The third kappa shape index (κ3) is 3.18. The minimum Gasteiger partial charge on any atom is -0.486 e. The second-order valence-corrected chi connectivity index (χ2v) is 4.13. The number of amides is 1. The molecule has 7 nitrogen and oxygen atoms in total. The van der Waals surface area contributed by atoms with Gasteiger partial charge in [-0.05, 0) is 18.2 Å². The Hall–Kier alpha value is -2.28. The highest BCUT2D eigenvalue weighted by Crippen LogP contribution is 2.30. The average Bonchev–Trinajstić information content (AvgIpc) is 2.46. The molecule has 0 spiro atoms. The predicted molar refractivity (Wildman–Crippen MR) is 68.2 cm³/mol. The predicted octanol–water partition coefficient (Wildman–Crippen LogP) is 0.287. The quantitative estimate of drug-likeness (QED) is 0.805. The van der Waals surface area contributed by atoms with Crippen LogP contribution in [0.25, 0.3) is 0 Å². The number of fused-ring (bicyclic) bond motifs is 1. The summed E-state index contributed by atoms with van der Waals surface area (Å²) in [4.78, 5) is 22.7. The Labute approximate surface area is 115 Å². The van der Waals surface area contributed by atoms with E-state index in [0.29, 0.717) is 30.3 Å². The van der Waals surface area contributed by atoms with Crippen LogP contribution >= 0.6 is 0 Å². The van der Waals surface area contributed by atoms with E-state index in [4.69, 9.17) is 19.3 Å². The van der Waals surface area contributed by atoms with E-state index in [0.717, 1.165) is 0 Å². The van der Waals surface area contributed by atoms with Crippen molar-refractivity contribution in [3.63, 3.8) is 0 Å². The van der Waals surface area contributed by atoms with Gasteiger partial charge in [0, 0.05) is 12.7 Å². The number of carboxylic acid groups (broad SMARTS) is 1. The van der Waals surface area contributed by atoms with Crippen molar-refractivity contribution >= 4 is 11.9 Å². The van der Waals surface area contributed by atoms with E-state index in [9.17, 15) is 9.59 Å². The van der Waals surface area contributed by atoms with E-state index in [1.807, 2.05) is 0 Å². The third-order valence-corrected chi connectivity index (χ3v) is 2.81. The van der Waals surface area contributed by atoms with Gasteiger partial charge in [0.2, 0.25) is 0 Å². The van der Waals surface area contributed by atoms with Gasteiger partial charge in [-0.1, -0.05) is 0 Å². The standard InChI is InChI=1S/C13H15NO6/c1-18-11(13(16)17)7-14-12(15)8-2-3-9-10(6-8)20-5-4-19-9/h2-3,6,11H,4-5,7H2,1H3,(H,14,15)(H,16,17). The van der Waals surface area contributed by atoms with Crippen LogP contribution in [-0.2, 0) is 9.53 Å². The Balaban J connectivity index is 2.00. The maximum Gasteiger partial charge on any atom is 0.334 e. The molecule has 0 aliphatic carbocycles. The van der Waals surface area contributed by atoms with Gasteiger partial charge in [0.25, 0.3) is 5.91 Å². The van der Waals surface area contributed by atoms with Gasteiger partial charge in [-0.3, -0.25) is 4.79 Å². The summed E-state index contributed by atoms with van der Waals surface area (Å²) < 4.78 is 15.5. The molecule has 1 heterocycles. The van der Waals surface area contributed by atoms with Crippen LogP contribution in [-0.4, -0.2) is 50.0 Å². The van der Waals surface area contributed by atoms with E-state index in [2.05, 4.69) is 5.32 Å². The average molecular weight is 281 g/mol. The Bertz CT molecular complexity index is 516. The van der Waals surface area contributed by atoms with Crippen LogP contribution in [0.1, 0.15) is 10.4 Å². The number of nitrogens with one attached hydrogen (secondary N) is 1. The first kappa shape index (κ1) is 14.1. The number of carbonyl (C=O) groups excluding carboxylic acids is 1. The summed E-state index contributed by atoms with van der Waals surface area (Å²) in [6.45, 7) is 0.800. The highest BCUT2D eigenvalue weighted by molar-refractivity contribution is 5.95. The first-order valence-corrected chi connectivity index (χ1v) is 6.05. The number of methoxy groups -OCH3 is 1. The fourth-order valence-electron chi connectivity index (χ4n) is 1.74. The molecule has 1 aliphatic heterocycles. The molecule has 1 aromatic carbocycles.